The first-order valence-corrected chi connectivity index (χ1v) is 10.6. The highest BCUT2D eigenvalue weighted by Crippen LogP contribution is 2.28. The van der Waals surface area contributed by atoms with Crippen LogP contribution in [0.4, 0.5) is 5.69 Å². The van der Waals surface area contributed by atoms with E-state index in [0.717, 1.165) is 4.31 Å². The Morgan fingerprint density at radius 1 is 1.23 bits per heavy atom. The summed E-state index contributed by atoms with van der Waals surface area (Å²) in [6.45, 7) is 0.0668. The van der Waals surface area contributed by atoms with Crippen LogP contribution in [0, 0.1) is 0 Å². The summed E-state index contributed by atoms with van der Waals surface area (Å²) in [6.07, 6.45) is -0.0506. The highest BCUT2D eigenvalue weighted by Gasteiger charge is 2.20. The van der Waals surface area contributed by atoms with E-state index in [1.807, 2.05) is 0 Å². The minimum Gasteiger partial charge on any atom is -0.495 e. The van der Waals surface area contributed by atoms with Gasteiger partial charge in [-0.05, 0) is 30.3 Å². The highest BCUT2D eigenvalue weighted by atomic mass is 35.5. The number of carbonyl (C=O) groups is 1. The van der Waals surface area contributed by atoms with E-state index < -0.39 is 21.7 Å². The number of carbonyl (C=O) groups excluding carboxylic acids is 1. The molecule has 0 saturated carbocycles. The van der Waals surface area contributed by atoms with Gasteiger partial charge in [0.2, 0.25) is 15.9 Å². The number of nitrogens with one attached hydrogen (secondary N) is 1. The number of anilines is 1. The summed E-state index contributed by atoms with van der Waals surface area (Å²) in [6, 6.07) is 8.97. The van der Waals surface area contributed by atoms with Crippen LogP contribution < -0.4 is 15.8 Å². The molecule has 1 amide bonds. The van der Waals surface area contributed by atoms with Gasteiger partial charge in [0.15, 0.2) is 5.58 Å². The third kappa shape index (κ3) is 4.35. The average Bonchev–Trinajstić information content (AvgIpc) is 3.00. The average molecular weight is 454 g/mol. The maximum absolute atomic E-state index is 12.5. The monoisotopic (exact) mass is 453 g/mol. The first-order valence-electron chi connectivity index (χ1n) is 8.83. The number of benzene rings is 2. The van der Waals surface area contributed by atoms with Gasteiger partial charge in [0, 0.05) is 38.1 Å². The van der Waals surface area contributed by atoms with Crippen molar-refractivity contribution in [2.24, 2.45) is 0 Å². The number of oxazole rings is 1. The van der Waals surface area contributed by atoms with Crippen molar-refractivity contribution in [3.8, 4) is 5.75 Å². The molecule has 0 fully saturated rings. The molecule has 2 aromatic carbocycles. The third-order valence-electron chi connectivity index (χ3n) is 4.42. The number of hydrogen-bond donors (Lipinski definition) is 1. The molecule has 0 spiro atoms. The second kappa shape index (κ2) is 8.50. The van der Waals surface area contributed by atoms with E-state index in [2.05, 4.69) is 5.32 Å². The number of fused-ring (bicyclic) bond motifs is 1. The SMILES string of the molecule is COc1ccc(S(=O)(=O)N(C)C)cc1NC(=O)CCn1c(=O)oc2cc(Cl)ccc21. The molecule has 0 aliphatic rings. The highest BCUT2D eigenvalue weighted by molar-refractivity contribution is 7.89. The summed E-state index contributed by atoms with van der Waals surface area (Å²) in [7, 11) is 0.556. The van der Waals surface area contributed by atoms with E-state index in [9.17, 15) is 18.0 Å². The summed E-state index contributed by atoms with van der Waals surface area (Å²) >= 11 is 5.90. The largest absolute Gasteiger partial charge is 0.495 e. The first kappa shape index (κ1) is 21.9. The molecule has 0 aliphatic carbocycles. The van der Waals surface area contributed by atoms with Crippen molar-refractivity contribution in [1.82, 2.24) is 8.87 Å². The summed E-state index contributed by atoms with van der Waals surface area (Å²) in [4.78, 5) is 24.6. The van der Waals surface area contributed by atoms with Gasteiger partial charge in [-0.1, -0.05) is 11.6 Å². The fourth-order valence-corrected chi connectivity index (χ4v) is 3.92. The van der Waals surface area contributed by atoms with Gasteiger partial charge in [-0.15, -0.1) is 0 Å². The molecule has 0 atom stereocenters. The second-order valence-corrected chi connectivity index (χ2v) is 9.17. The van der Waals surface area contributed by atoms with E-state index in [4.69, 9.17) is 20.8 Å². The molecule has 1 heterocycles. The van der Waals surface area contributed by atoms with Crippen LogP contribution in [-0.4, -0.2) is 44.4 Å². The van der Waals surface area contributed by atoms with E-state index in [-0.39, 0.29) is 23.5 Å². The molecule has 11 heteroatoms. The van der Waals surface area contributed by atoms with Gasteiger partial charge in [-0.25, -0.2) is 17.5 Å². The van der Waals surface area contributed by atoms with Crippen molar-refractivity contribution < 1.29 is 22.4 Å². The Hall–Kier alpha value is -2.82. The van der Waals surface area contributed by atoms with Crippen molar-refractivity contribution in [2.75, 3.05) is 26.5 Å². The zero-order valence-electron chi connectivity index (χ0n) is 16.5. The lowest BCUT2D eigenvalue weighted by Gasteiger charge is -2.15. The fourth-order valence-electron chi connectivity index (χ4n) is 2.83. The Morgan fingerprint density at radius 3 is 2.63 bits per heavy atom. The van der Waals surface area contributed by atoms with Gasteiger partial charge in [0.1, 0.15) is 5.75 Å². The van der Waals surface area contributed by atoms with Crippen LogP contribution in [0.15, 0.2) is 50.5 Å². The second-order valence-electron chi connectivity index (χ2n) is 6.58. The molecule has 0 bridgehead atoms. The minimum absolute atomic E-state index is 0.0116. The quantitative estimate of drug-likeness (QED) is 0.588. The number of amides is 1. The molecule has 3 aromatic rings. The Morgan fingerprint density at radius 2 is 1.97 bits per heavy atom. The third-order valence-corrected chi connectivity index (χ3v) is 6.46. The standard InChI is InChI=1S/C19H20ClN3O6S/c1-22(2)30(26,27)13-5-7-16(28-3)14(11-13)21-18(24)8-9-23-15-6-4-12(20)10-17(15)29-19(23)25/h4-7,10-11H,8-9H2,1-3H3,(H,21,24). The summed E-state index contributed by atoms with van der Waals surface area (Å²) < 4.78 is 37.5. The van der Waals surface area contributed by atoms with Crippen molar-refractivity contribution in [2.45, 2.75) is 17.9 Å². The first-order chi connectivity index (χ1) is 14.1. The molecule has 3 rings (SSSR count). The molecule has 160 valence electrons. The van der Waals surface area contributed by atoms with Crippen LogP contribution in [0.2, 0.25) is 5.02 Å². The van der Waals surface area contributed by atoms with Gasteiger partial charge in [0.25, 0.3) is 0 Å². The van der Waals surface area contributed by atoms with Crippen LogP contribution in [0.1, 0.15) is 6.42 Å². The maximum atomic E-state index is 12.5. The van der Waals surface area contributed by atoms with Crippen molar-refractivity contribution >= 4 is 44.3 Å². The lowest BCUT2D eigenvalue weighted by Crippen LogP contribution is -2.23. The minimum atomic E-state index is -3.68. The number of aryl methyl sites for hydroxylation is 1. The molecular weight excluding hydrogens is 434 g/mol. The van der Waals surface area contributed by atoms with E-state index in [0.29, 0.717) is 21.9 Å². The summed E-state index contributed by atoms with van der Waals surface area (Å²) in [5.41, 5.74) is 1.06. The number of ether oxygens (including phenoxy) is 1. The zero-order valence-corrected chi connectivity index (χ0v) is 18.1. The molecule has 1 N–H and O–H groups in total. The van der Waals surface area contributed by atoms with Crippen LogP contribution in [0.5, 0.6) is 5.75 Å². The number of aromatic nitrogens is 1. The predicted molar refractivity (Wildman–Crippen MR) is 113 cm³/mol. The van der Waals surface area contributed by atoms with Gasteiger partial charge in [0.05, 0.1) is 23.2 Å². The Bertz CT molecular complexity index is 1260. The number of halogens is 1. The molecule has 30 heavy (non-hydrogen) atoms. The molecule has 9 nitrogen and oxygen atoms in total. The van der Waals surface area contributed by atoms with Gasteiger partial charge in [-0.2, -0.15) is 0 Å². The van der Waals surface area contributed by atoms with E-state index in [1.165, 1.54) is 50.0 Å². The Labute approximate surface area is 177 Å². The van der Waals surface area contributed by atoms with Crippen LogP contribution in [0.3, 0.4) is 0 Å². The van der Waals surface area contributed by atoms with E-state index in [1.54, 1.807) is 12.1 Å². The van der Waals surface area contributed by atoms with Gasteiger partial charge >= 0.3 is 5.76 Å². The Balaban J connectivity index is 1.80. The van der Waals surface area contributed by atoms with Crippen molar-refractivity contribution in [3.63, 3.8) is 0 Å². The fraction of sp³-hybridized carbons (Fsp3) is 0.263. The van der Waals surface area contributed by atoms with Crippen LogP contribution in [0.25, 0.3) is 11.1 Å². The van der Waals surface area contributed by atoms with Gasteiger partial charge in [-0.3, -0.25) is 9.36 Å². The topological polar surface area (TPSA) is 111 Å². The number of nitrogens with zero attached hydrogens (tertiary/aromatic N) is 2. The maximum Gasteiger partial charge on any atom is 0.419 e. The molecule has 0 unspecified atom stereocenters. The summed E-state index contributed by atoms with van der Waals surface area (Å²) in [5, 5.41) is 3.07. The molecular formula is C19H20ClN3O6S. The van der Waals surface area contributed by atoms with E-state index >= 15 is 0 Å². The smallest absolute Gasteiger partial charge is 0.419 e. The predicted octanol–water partition coefficient (Wildman–Crippen LogP) is 2.54. The van der Waals surface area contributed by atoms with Crippen LogP contribution >= 0.6 is 11.6 Å². The number of rotatable bonds is 7. The molecule has 0 radical (unpaired) electrons. The van der Waals surface area contributed by atoms with Crippen molar-refractivity contribution in [3.05, 3.63) is 52.0 Å². The van der Waals surface area contributed by atoms with Crippen molar-refractivity contribution in [1.29, 1.82) is 0 Å². The van der Waals surface area contributed by atoms with Gasteiger partial charge < -0.3 is 14.5 Å². The number of sulfonamides is 1. The number of hydrogen-bond acceptors (Lipinski definition) is 6. The zero-order chi connectivity index (χ0) is 22.1. The lowest BCUT2D eigenvalue weighted by atomic mass is 10.2. The summed E-state index contributed by atoms with van der Waals surface area (Å²) in [5.74, 6) is -0.721. The lowest BCUT2D eigenvalue weighted by molar-refractivity contribution is -0.116. The normalized spacial score (nSPS) is 11.8. The molecule has 0 saturated heterocycles. The van der Waals surface area contributed by atoms with Crippen LogP contribution in [-0.2, 0) is 21.4 Å². The Kier molecular flexibility index (Phi) is 6.20. The molecule has 0 aliphatic heterocycles. The number of methoxy groups -OCH3 is 1. The molecule has 1 aromatic heterocycles.